The predicted molar refractivity (Wildman–Crippen MR) is 302 cm³/mol. The van der Waals surface area contributed by atoms with E-state index < -0.39 is 108 Å². The molecule has 5 aromatic rings. The standard InChI is InChI=1S/C54H63ClN12O9S3/c1-25-17-18-78-44(25)32-11-9-31(10-12-32)43-51(75)58-27(3)48(72)60-36(49(73)61-37(46(56)71)23-77-24-40(70)62-45(54(6,7)8)52(76)66-22-34(68)19-38(66)50(74)63-43)21-57-39(69)20-35-47-65-64-29(5)67(47)53-41(26(2)28(4)79-53)42(59-35)30-13-15-33(55)16-14-30/h9-18,27,34-38,43,45,68H,19-24H2,1-8H3,(H2,56,71)(H,57,69)(H,58,75)(H,60,72)(H,61,73)(H,62,70)(H,63,74)/t27-,34-,35+,36-,37-,38+,43+,45-/m1/s1. The molecule has 3 aliphatic heterocycles. The second kappa shape index (κ2) is 24.2. The minimum absolute atomic E-state index is 0.176. The summed E-state index contributed by atoms with van der Waals surface area (Å²) in [5.41, 5.74) is 10.3. The van der Waals surface area contributed by atoms with Crippen molar-refractivity contribution in [1.82, 2.24) is 51.6 Å². The van der Waals surface area contributed by atoms with E-state index in [-0.39, 0.29) is 30.9 Å². The van der Waals surface area contributed by atoms with Gasteiger partial charge in [-0.2, -0.15) is 0 Å². The van der Waals surface area contributed by atoms with Crippen molar-refractivity contribution in [2.24, 2.45) is 16.1 Å². The first kappa shape index (κ1) is 58.2. The number of rotatable bonds is 8. The van der Waals surface area contributed by atoms with Crippen molar-refractivity contribution >= 4 is 99.0 Å². The number of hydrogen-bond donors (Lipinski definition) is 8. The van der Waals surface area contributed by atoms with E-state index in [1.807, 2.05) is 48.9 Å². The number of nitrogens with zero attached hydrogens (tertiary/aromatic N) is 5. The Bertz CT molecular complexity index is 3220. The Labute approximate surface area is 473 Å². The van der Waals surface area contributed by atoms with Crippen LogP contribution in [0.1, 0.15) is 97.0 Å². The van der Waals surface area contributed by atoms with Gasteiger partial charge in [-0.3, -0.25) is 47.9 Å². The average molecular weight is 1160 g/mol. The van der Waals surface area contributed by atoms with Gasteiger partial charge in [0.15, 0.2) is 5.82 Å². The molecule has 21 nitrogen and oxygen atoms in total. The van der Waals surface area contributed by atoms with Gasteiger partial charge in [0.1, 0.15) is 53.1 Å². The number of aromatic nitrogens is 3. The van der Waals surface area contributed by atoms with E-state index in [2.05, 4.69) is 42.1 Å². The molecular weight excluding hydrogens is 1090 g/mol. The molecule has 0 aliphatic carbocycles. The number of aryl methyl sites for hydroxylation is 3. The Hall–Kier alpha value is -6.99. The maximum atomic E-state index is 14.5. The zero-order chi connectivity index (χ0) is 57.2. The number of benzene rings is 2. The second-order valence-corrected chi connectivity index (χ2v) is 24.5. The average Bonchev–Trinajstić information content (AvgIpc) is 4.17. The van der Waals surface area contributed by atoms with Crippen molar-refractivity contribution in [2.45, 2.75) is 117 Å². The van der Waals surface area contributed by atoms with Gasteiger partial charge in [0.2, 0.25) is 47.3 Å². The lowest BCUT2D eigenvalue weighted by molar-refractivity contribution is -0.144. The van der Waals surface area contributed by atoms with E-state index in [0.717, 1.165) is 54.3 Å². The largest absolute Gasteiger partial charge is 0.391 e. The van der Waals surface area contributed by atoms with Crippen LogP contribution in [0.5, 0.6) is 0 Å². The number of halogens is 1. The van der Waals surface area contributed by atoms with Crippen LogP contribution < -0.4 is 37.6 Å². The van der Waals surface area contributed by atoms with E-state index in [9.17, 15) is 43.5 Å². The van der Waals surface area contributed by atoms with E-state index in [1.54, 1.807) is 64.1 Å². The smallest absolute Gasteiger partial charge is 0.247 e. The van der Waals surface area contributed by atoms with Crippen LogP contribution in [0.15, 0.2) is 65.0 Å². The summed E-state index contributed by atoms with van der Waals surface area (Å²) in [5.74, 6) is -5.87. The molecule has 0 spiro atoms. The van der Waals surface area contributed by atoms with Gasteiger partial charge >= 0.3 is 0 Å². The van der Waals surface area contributed by atoms with Gasteiger partial charge < -0.3 is 47.6 Å². The number of aliphatic imine (C=N–C) groups is 1. The minimum atomic E-state index is -1.59. The highest BCUT2D eigenvalue weighted by Crippen LogP contribution is 2.40. The monoisotopic (exact) mass is 1150 g/mol. The number of amides is 8. The first-order valence-electron chi connectivity index (χ1n) is 25.5. The molecule has 8 atom stereocenters. The van der Waals surface area contributed by atoms with Crippen LogP contribution in [0.25, 0.3) is 15.4 Å². The summed E-state index contributed by atoms with van der Waals surface area (Å²) in [6.45, 7) is 13.5. The van der Waals surface area contributed by atoms with E-state index in [4.69, 9.17) is 22.3 Å². The molecular formula is C54H63ClN12O9S3. The highest BCUT2D eigenvalue weighted by Gasteiger charge is 2.46. The number of fused-ring (bicyclic) bond motifs is 4. The Kier molecular flexibility index (Phi) is 17.8. The van der Waals surface area contributed by atoms with Gasteiger partial charge in [-0.25, -0.2) is 0 Å². The predicted octanol–water partition coefficient (Wildman–Crippen LogP) is 3.40. The SMILES string of the molecule is Cc1ccsc1-c1ccc([C@@H]2NC(=O)[C@@H]3C[C@@H](O)CN3C(=O)[C@H](C(C)(C)C)NC(=O)CSC[C@H](C(N)=O)NC(=O)[C@@H](CNC(=O)C[C@@H]3N=C(c4ccc(Cl)cc4)c4c(sc(C)c4C)-n4c(C)nnc43)NC(=O)[C@@H](C)NC2=O)cc1. The van der Waals surface area contributed by atoms with Crippen LogP contribution in [0.3, 0.4) is 0 Å². The van der Waals surface area contributed by atoms with Gasteiger partial charge in [-0.15, -0.1) is 44.6 Å². The third-order valence-corrected chi connectivity index (χ3v) is 17.5. The number of thiophene rings is 2. The quantitative estimate of drug-likeness (QED) is 0.111. The summed E-state index contributed by atoms with van der Waals surface area (Å²) in [6.07, 6.45) is -1.59. The van der Waals surface area contributed by atoms with Crippen molar-refractivity contribution in [1.29, 1.82) is 0 Å². The summed E-state index contributed by atoms with van der Waals surface area (Å²) in [5, 5.41) is 39.1. The molecule has 3 aliphatic rings. The summed E-state index contributed by atoms with van der Waals surface area (Å²) >= 11 is 10.3. The maximum Gasteiger partial charge on any atom is 0.247 e. The van der Waals surface area contributed by atoms with Crippen molar-refractivity contribution in [3.63, 3.8) is 0 Å². The van der Waals surface area contributed by atoms with Gasteiger partial charge in [0.05, 0.1) is 24.0 Å². The molecule has 6 heterocycles. The number of aliphatic hydroxyl groups is 1. The van der Waals surface area contributed by atoms with Crippen molar-refractivity contribution in [3.05, 3.63) is 109 Å². The fourth-order valence-corrected chi connectivity index (χ4v) is 12.7. The zero-order valence-electron chi connectivity index (χ0n) is 44.8. The third kappa shape index (κ3) is 13.0. The number of nitrogens with two attached hydrogens (primary N) is 1. The number of carbonyl (C=O) groups excluding carboxylic acids is 8. The lowest BCUT2D eigenvalue weighted by Crippen LogP contribution is -2.60. The minimum Gasteiger partial charge on any atom is -0.391 e. The molecule has 2 aromatic carbocycles. The number of thioether (sulfide) groups is 1. The van der Waals surface area contributed by atoms with Crippen LogP contribution in [-0.2, 0) is 38.4 Å². The van der Waals surface area contributed by atoms with Gasteiger partial charge in [0, 0.05) is 51.2 Å². The van der Waals surface area contributed by atoms with Gasteiger partial charge in [0.25, 0.3) is 0 Å². The second-order valence-electron chi connectivity index (χ2n) is 20.9. The highest BCUT2D eigenvalue weighted by molar-refractivity contribution is 8.00. The Morgan fingerprint density at radius 2 is 1.56 bits per heavy atom. The van der Waals surface area contributed by atoms with Crippen molar-refractivity contribution in [2.75, 3.05) is 24.6 Å². The molecule has 0 radical (unpaired) electrons. The highest BCUT2D eigenvalue weighted by atomic mass is 35.5. The molecule has 8 rings (SSSR count). The molecule has 9 N–H and O–H groups in total. The summed E-state index contributed by atoms with van der Waals surface area (Å²) in [4.78, 5) is 121. The van der Waals surface area contributed by atoms with Gasteiger partial charge in [-0.05, 0) is 85.9 Å². The lowest BCUT2D eigenvalue weighted by Gasteiger charge is -2.35. The Morgan fingerprint density at radius 1 is 0.861 bits per heavy atom. The first-order chi connectivity index (χ1) is 37.4. The Balaban J connectivity index is 1.09. The summed E-state index contributed by atoms with van der Waals surface area (Å²) in [7, 11) is 0. The molecule has 2 fully saturated rings. The topological polar surface area (TPSA) is 301 Å². The van der Waals surface area contributed by atoms with Crippen LogP contribution in [0.2, 0.25) is 5.02 Å². The molecule has 8 amide bonds. The molecule has 0 bridgehead atoms. The zero-order valence-corrected chi connectivity index (χ0v) is 48.0. The van der Waals surface area contributed by atoms with E-state index in [1.165, 1.54) is 34.5 Å². The van der Waals surface area contributed by atoms with Gasteiger partial charge in [-0.1, -0.05) is 68.8 Å². The fourth-order valence-electron chi connectivity index (χ4n) is 9.56. The number of hydrogen-bond acceptors (Lipinski definition) is 15. The van der Waals surface area contributed by atoms with Crippen LogP contribution in [0.4, 0.5) is 0 Å². The Morgan fingerprint density at radius 3 is 2.22 bits per heavy atom. The molecule has 25 heteroatoms. The van der Waals surface area contributed by atoms with Crippen LogP contribution in [0, 0.1) is 33.1 Å². The summed E-state index contributed by atoms with van der Waals surface area (Å²) in [6, 6.07) is 6.83. The van der Waals surface area contributed by atoms with Crippen molar-refractivity contribution < 1.29 is 43.5 Å². The lowest BCUT2D eigenvalue weighted by atomic mass is 9.85. The molecule has 79 heavy (non-hydrogen) atoms. The van der Waals surface area contributed by atoms with E-state index in [0.29, 0.717) is 27.9 Å². The normalized spacial score (nSPS) is 23.8. The van der Waals surface area contributed by atoms with Crippen LogP contribution in [-0.4, -0.2) is 139 Å². The maximum absolute atomic E-state index is 14.5. The third-order valence-electron chi connectivity index (χ3n) is 14.0. The van der Waals surface area contributed by atoms with Crippen LogP contribution >= 0.6 is 46.0 Å². The summed E-state index contributed by atoms with van der Waals surface area (Å²) < 4.78 is 1.88. The fraction of sp³-hybridized carbons (Fsp3) is 0.426. The number of aliphatic hydroxyl groups excluding tert-OH is 1. The molecule has 2 saturated heterocycles. The van der Waals surface area contributed by atoms with Crippen molar-refractivity contribution in [3.8, 4) is 15.4 Å². The first-order valence-corrected chi connectivity index (χ1v) is 28.8. The molecule has 3 aromatic heterocycles. The molecule has 418 valence electrons. The van der Waals surface area contributed by atoms with E-state index >= 15 is 0 Å². The number of nitrogens with one attached hydrogen (secondary N) is 6. The molecule has 0 unspecified atom stereocenters. The molecule has 0 saturated carbocycles. The number of primary amides is 1. The number of carbonyl (C=O) groups is 8.